The first-order valence-electron chi connectivity index (χ1n) is 7.19. The predicted octanol–water partition coefficient (Wildman–Crippen LogP) is 2.10. The van der Waals surface area contributed by atoms with Gasteiger partial charge >= 0.3 is 0 Å². The van der Waals surface area contributed by atoms with Crippen LogP contribution in [0.15, 0.2) is 18.2 Å². The Bertz CT molecular complexity index is 676. The van der Waals surface area contributed by atoms with Crippen molar-refractivity contribution < 1.29 is 4.79 Å². The minimum absolute atomic E-state index is 0.163. The second kappa shape index (κ2) is 5.20. The van der Waals surface area contributed by atoms with Gasteiger partial charge in [0.15, 0.2) is 0 Å². The average molecular weight is 285 g/mol. The summed E-state index contributed by atoms with van der Waals surface area (Å²) >= 11 is 0. The lowest BCUT2D eigenvalue weighted by atomic mass is 10.0. The standard InChI is InChI=1S/C15H19N5O/c1-9(2)13-17-14(19-18-13)15(21)20-7-3-4-10-8-11(16)5-6-12(10)20/h5-6,8-9H,3-4,7,16H2,1-2H3,(H,17,18,19). The second-order valence-corrected chi connectivity index (χ2v) is 5.65. The van der Waals surface area contributed by atoms with E-state index < -0.39 is 0 Å². The Morgan fingerprint density at radius 1 is 1.43 bits per heavy atom. The number of aromatic amines is 1. The number of carbonyl (C=O) groups is 1. The van der Waals surface area contributed by atoms with Crippen molar-refractivity contribution in [1.82, 2.24) is 15.2 Å². The van der Waals surface area contributed by atoms with Crippen molar-refractivity contribution in [2.24, 2.45) is 0 Å². The van der Waals surface area contributed by atoms with Crippen LogP contribution >= 0.6 is 0 Å². The summed E-state index contributed by atoms with van der Waals surface area (Å²) in [4.78, 5) is 18.7. The third-order valence-electron chi connectivity index (χ3n) is 3.71. The molecule has 1 aromatic heterocycles. The van der Waals surface area contributed by atoms with E-state index in [0.717, 1.165) is 35.6 Å². The van der Waals surface area contributed by atoms with Gasteiger partial charge in [0.05, 0.1) is 0 Å². The molecule has 3 N–H and O–H groups in total. The monoisotopic (exact) mass is 285 g/mol. The smallest absolute Gasteiger partial charge is 0.297 e. The fourth-order valence-corrected chi connectivity index (χ4v) is 2.58. The van der Waals surface area contributed by atoms with Crippen molar-refractivity contribution in [3.8, 4) is 0 Å². The number of aromatic nitrogens is 3. The normalized spacial score (nSPS) is 14.3. The number of fused-ring (bicyclic) bond motifs is 1. The van der Waals surface area contributed by atoms with Crippen molar-refractivity contribution in [1.29, 1.82) is 0 Å². The van der Waals surface area contributed by atoms with Crippen LogP contribution < -0.4 is 10.6 Å². The average Bonchev–Trinajstić information content (AvgIpc) is 2.95. The molecular formula is C15H19N5O. The molecule has 2 heterocycles. The molecule has 21 heavy (non-hydrogen) atoms. The van der Waals surface area contributed by atoms with Crippen molar-refractivity contribution in [3.05, 3.63) is 35.4 Å². The van der Waals surface area contributed by atoms with Gasteiger partial charge in [-0.05, 0) is 36.6 Å². The third kappa shape index (κ3) is 2.49. The number of nitrogens with two attached hydrogens (primary N) is 1. The maximum absolute atomic E-state index is 12.6. The molecule has 6 nitrogen and oxygen atoms in total. The molecule has 1 aliphatic rings. The zero-order chi connectivity index (χ0) is 15.0. The van der Waals surface area contributed by atoms with E-state index in [2.05, 4.69) is 15.2 Å². The van der Waals surface area contributed by atoms with E-state index in [1.54, 1.807) is 4.90 Å². The third-order valence-corrected chi connectivity index (χ3v) is 3.71. The number of hydrogen-bond donors (Lipinski definition) is 2. The fraction of sp³-hybridized carbons (Fsp3) is 0.400. The van der Waals surface area contributed by atoms with E-state index >= 15 is 0 Å². The summed E-state index contributed by atoms with van der Waals surface area (Å²) in [6, 6.07) is 5.66. The van der Waals surface area contributed by atoms with Crippen LogP contribution in [0, 0.1) is 0 Å². The quantitative estimate of drug-likeness (QED) is 0.827. The molecule has 0 saturated carbocycles. The van der Waals surface area contributed by atoms with Crippen LogP contribution in [0.2, 0.25) is 0 Å². The summed E-state index contributed by atoms with van der Waals surface area (Å²) in [7, 11) is 0. The molecule has 2 aromatic rings. The van der Waals surface area contributed by atoms with Crippen LogP contribution in [-0.4, -0.2) is 27.6 Å². The minimum Gasteiger partial charge on any atom is -0.399 e. The lowest BCUT2D eigenvalue weighted by Gasteiger charge is -2.28. The highest BCUT2D eigenvalue weighted by Crippen LogP contribution is 2.29. The maximum Gasteiger partial charge on any atom is 0.297 e. The molecule has 0 fully saturated rings. The van der Waals surface area contributed by atoms with Gasteiger partial charge in [-0.25, -0.2) is 4.98 Å². The van der Waals surface area contributed by atoms with Gasteiger partial charge in [0.25, 0.3) is 5.91 Å². The number of nitrogen functional groups attached to an aromatic ring is 1. The van der Waals surface area contributed by atoms with Crippen molar-refractivity contribution >= 4 is 17.3 Å². The summed E-state index contributed by atoms with van der Waals surface area (Å²) in [5, 5.41) is 6.88. The van der Waals surface area contributed by atoms with Gasteiger partial charge in [-0.15, -0.1) is 5.10 Å². The van der Waals surface area contributed by atoms with E-state index in [1.807, 2.05) is 32.0 Å². The van der Waals surface area contributed by atoms with Crippen LogP contribution in [0.4, 0.5) is 11.4 Å². The SMILES string of the molecule is CC(C)c1nc(C(=O)N2CCCc3cc(N)ccc32)n[nH]1. The Kier molecular flexibility index (Phi) is 3.37. The molecule has 1 amide bonds. The number of anilines is 2. The minimum atomic E-state index is -0.163. The molecular weight excluding hydrogens is 266 g/mol. The van der Waals surface area contributed by atoms with E-state index in [4.69, 9.17) is 5.73 Å². The zero-order valence-corrected chi connectivity index (χ0v) is 12.3. The topological polar surface area (TPSA) is 87.9 Å². The van der Waals surface area contributed by atoms with E-state index in [9.17, 15) is 4.79 Å². The zero-order valence-electron chi connectivity index (χ0n) is 12.3. The van der Waals surface area contributed by atoms with Gasteiger partial charge in [-0.2, -0.15) is 0 Å². The number of nitrogens with zero attached hydrogens (tertiary/aromatic N) is 3. The number of amides is 1. The number of aryl methyl sites for hydroxylation is 1. The first-order valence-corrected chi connectivity index (χ1v) is 7.19. The van der Waals surface area contributed by atoms with Crippen LogP contribution in [0.1, 0.15) is 48.2 Å². The molecule has 0 spiro atoms. The molecule has 0 atom stereocenters. The highest BCUT2D eigenvalue weighted by Gasteiger charge is 2.26. The molecule has 0 saturated heterocycles. The van der Waals surface area contributed by atoms with E-state index in [0.29, 0.717) is 6.54 Å². The summed E-state index contributed by atoms with van der Waals surface area (Å²) in [5.74, 6) is 1.01. The second-order valence-electron chi connectivity index (χ2n) is 5.65. The number of hydrogen-bond acceptors (Lipinski definition) is 4. The number of nitrogens with one attached hydrogen (secondary N) is 1. The Morgan fingerprint density at radius 3 is 2.95 bits per heavy atom. The summed E-state index contributed by atoms with van der Waals surface area (Å²) in [6.45, 7) is 4.70. The lowest BCUT2D eigenvalue weighted by Crippen LogP contribution is -2.36. The van der Waals surface area contributed by atoms with Crippen LogP contribution in [0.5, 0.6) is 0 Å². The van der Waals surface area contributed by atoms with Crippen molar-refractivity contribution in [2.45, 2.75) is 32.6 Å². The first kappa shape index (κ1) is 13.6. The van der Waals surface area contributed by atoms with Gasteiger partial charge in [0.2, 0.25) is 5.82 Å². The molecule has 6 heteroatoms. The van der Waals surface area contributed by atoms with Crippen LogP contribution in [0.25, 0.3) is 0 Å². The molecule has 110 valence electrons. The number of carbonyl (C=O) groups excluding carboxylic acids is 1. The van der Waals surface area contributed by atoms with Gasteiger partial charge in [-0.1, -0.05) is 13.8 Å². The van der Waals surface area contributed by atoms with Gasteiger partial charge in [0.1, 0.15) is 5.82 Å². The fourth-order valence-electron chi connectivity index (χ4n) is 2.58. The number of rotatable bonds is 2. The van der Waals surface area contributed by atoms with Crippen LogP contribution in [-0.2, 0) is 6.42 Å². The molecule has 0 radical (unpaired) electrons. The molecule has 1 aromatic carbocycles. The van der Waals surface area contributed by atoms with E-state index in [-0.39, 0.29) is 17.6 Å². The molecule has 0 unspecified atom stereocenters. The highest BCUT2D eigenvalue weighted by atomic mass is 16.2. The highest BCUT2D eigenvalue weighted by molar-refractivity contribution is 6.04. The number of H-pyrrole nitrogens is 1. The number of benzene rings is 1. The van der Waals surface area contributed by atoms with Crippen molar-refractivity contribution in [2.75, 3.05) is 17.2 Å². The van der Waals surface area contributed by atoms with Gasteiger partial charge in [0, 0.05) is 23.8 Å². The molecule has 0 bridgehead atoms. The molecule has 3 rings (SSSR count). The van der Waals surface area contributed by atoms with Gasteiger partial charge < -0.3 is 10.6 Å². The Balaban J connectivity index is 1.92. The Morgan fingerprint density at radius 2 is 2.24 bits per heavy atom. The van der Waals surface area contributed by atoms with Crippen molar-refractivity contribution in [3.63, 3.8) is 0 Å². The van der Waals surface area contributed by atoms with Crippen LogP contribution in [0.3, 0.4) is 0 Å². The molecule has 0 aliphatic carbocycles. The summed E-state index contributed by atoms with van der Waals surface area (Å²) in [6.07, 6.45) is 1.86. The summed E-state index contributed by atoms with van der Waals surface area (Å²) < 4.78 is 0. The Hall–Kier alpha value is -2.37. The van der Waals surface area contributed by atoms with Gasteiger partial charge in [-0.3, -0.25) is 9.89 Å². The maximum atomic E-state index is 12.6. The summed E-state index contributed by atoms with van der Waals surface area (Å²) in [5.41, 5.74) is 8.56. The lowest BCUT2D eigenvalue weighted by molar-refractivity contribution is 0.0975. The predicted molar refractivity (Wildman–Crippen MR) is 81.3 cm³/mol. The largest absolute Gasteiger partial charge is 0.399 e. The molecule has 1 aliphatic heterocycles. The Labute approximate surface area is 123 Å². The first-order chi connectivity index (χ1) is 10.1. The van der Waals surface area contributed by atoms with E-state index in [1.165, 1.54) is 0 Å².